The third kappa shape index (κ3) is 10.9. The first-order valence-corrected chi connectivity index (χ1v) is 17.5. The van der Waals surface area contributed by atoms with Crippen LogP contribution in [0.4, 0.5) is 5.69 Å². The molecule has 246 valence electrons. The van der Waals surface area contributed by atoms with Gasteiger partial charge in [0.2, 0.25) is 5.91 Å². The van der Waals surface area contributed by atoms with E-state index in [1.807, 2.05) is 36.4 Å². The lowest BCUT2D eigenvalue weighted by Gasteiger charge is -2.19. The van der Waals surface area contributed by atoms with E-state index in [1.165, 1.54) is 0 Å². The molecule has 1 atom stereocenters. The maximum atomic E-state index is 14.0. The van der Waals surface area contributed by atoms with E-state index >= 15 is 0 Å². The predicted molar refractivity (Wildman–Crippen MR) is 192 cm³/mol. The molecule has 0 saturated heterocycles. The molecule has 0 radical (unpaired) electrons. The highest BCUT2D eigenvalue weighted by Crippen LogP contribution is 2.35. The zero-order chi connectivity index (χ0) is 34.4. The smallest absolute Gasteiger partial charge is 0.266 e. The molecule has 4 aromatic rings. The molecule has 4 rings (SSSR count). The molecule has 0 aliphatic carbocycles. The van der Waals surface area contributed by atoms with Gasteiger partial charge in [-0.15, -0.1) is 0 Å². The summed E-state index contributed by atoms with van der Waals surface area (Å²) in [6.45, 7) is 6.13. The van der Waals surface area contributed by atoms with Crippen molar-refractivity contribution in [1.82, 2.24) is 5.32 Å². The molecule has 0 bridgehead atoms. The molecular weight excluding hydrogens is 679 g/mol. The first-order valence-electron chi connectivity index (χ1n) is 14.8. The molecule has 0 spiro atoms. The maximum absolute atomic E-state index is 14.0. The average Bonchev–Trinajstić information content (AvgIpc) is 2.99. The van der Waals surface area contributed by atoms with Crippen LogP contribution in [0.15, 0.2) is 91.0 Å². The Morgan fingerprint density at radius 3 is 2.17 bits per heavy atom. The van der Waals surface area contributed by atoms with E-state index in [4.69, 9.17) is 39.4 Å². The molecule has 11 heteroatoms. The van der Waals surface area contributed by atoms with Gasteiger partial charge in [0.05, 0.1) is 22.4 Å². The SMILES string of the molecule is CC(C)(C)/C=C/c1ccc(C(Cc2ccc(C(=O)NCCS(=O)(=O)O)cc2)C(=O)Nc2cc(-c3ccc(Cl)cc3Cl)ccc2Cl)cc1. The number of amides is 2. The lowest BCUT2D eigenvalue weighted by atomic mass is 9.89. The van der Waals surface area contributed by atoms with Crippen LogP contribution in [0.25, 0.3) is 17.2 Å². The molecule has 4 aromatic carbocycles. The van der Waals surface area contributed by atoms with Gasteiger partial charge in [-0.2, -0.15) is 8.42 Å². The van der Waals surface area contributed by atoms with Crippen molar-refractivity contribution in [3.05, 3.63) is 128 Å². The van der Waals surface area contributed by atoms with Crippen LogP contribution in [0.2, 0.25) is 15.1 Å². The molecule has 0 aliphatic rings. The van der Waals surface area contributed by atoms with Gasteiger partial charge in [0.25, 0.3) is 16.0 Å². The second kappa shape index (κ2) is 15.5. The number of carbonyl (C=O) groups excluding carboxylic acids is 2. The van der Waals surface area contributed by atoms with E-state index in [9.17, 15) is 18.0 Å². The molecule has 0 aromatic heterocycles. The van der Waals surface area contributed by atoms with Gasteiger partial charge in [-0.25, -0.2) is 0 Å². The van der Waals surface area contributed by atoms with Gasteiger partial charge in [0.15, 0.2) is 0 Å². The highest BCUT2D eigenvalue weighted by molar-refractivity contribution is 7.85. The van der Waals surface area contributed by atoms with Crippen LogP contribution in [0.1, 0.15) is 53.7 Å². The number of hydrogen-bond acceptors (Lipinski definition) is 4. The summed E-state index contributed by atoms with van der Waals surface area (Å²) in [6, 6.07) is 24.9. The molecule has 0 saturated carbocycles. The number of rotatable bonds is 11. The molecule has 0 aliphatic heterocycles. The molecule has 1 unspecified atom stereocenters. The van der Waals surface area contributed by atoms with Crippen LogP contribution < -0.4 is 10.6 Å². The number of anilines is 1. The fraction of sp³-hybridized carbons (Fsp3) is 0.222. The van der Waals surface area contributed by atoms with Gasteiger partial charge < -0.3 is 10.6 Å². The highest BCUT2D eigenvalue weighted by Gasteiger charge is 2.23. The molecule has 47 heavy (non-hydrogen) atoms. The summed E-state index contributed by atoms with van der Waals surface area (Å²) in [4.78, 5) is 26.4. The normalized spacial score (nSPS) is 12.6. The molecule has 7 nitrogen and oxygen atoms in total. The van der Waals surface area contributed by atoms with Crippen LogP contribution in [0.5, 0.6) is 0 Å². The lowest BCUT2D eigenvalue weighted by molar-refractivity contribution is -0.117. The van der Waals surface area contributed by atoms with Crippen molar-refractivity contribution < 1.29 is 22.6 Å². The van der Waals surface area contributed by atoms with Gasteiger partial charge in [-0.3, -0.25) is 14.1 Å². The van der Waals surface area contributed by atoms with Crippen LogP contribution in [0, 0.1) is 5.41 Å². The summed E-state index contributed by atoms with van der Waals surface area (Å²) in [7, 11) is -4.19. The standard InChI is InChI=1S/C36H35Cl3N2O5S/c1-36(2,3)17-16-23-4-8-25(9-5-23)30(20-24-6-10-26(11-7-24)34(42)40-18-19-47(44,45)46)35(43)41-33-21-27(12-15-31(33)38)29-14-13-28(37)22-32(29)39/h4-17,21-22,30H,18-20H2,1-3H3,(H,40,42)(H,41,43)(H,44,45,46)/b17-16+. The Hall–Kier alpha value is -3.66. The Morgan fingerprint density at radius 2 is 1.55 bits per heavy atom. The number of halogens is 3. The Labute approximate surface area is 290 Å². The summed E-state index contributed by atoms with van der Waals surface area (Å²) in [5, 5.41) is 6.80. The van der Waals surface area contributed by atoms with Crippen LogP contribution in [-0.4, -0.2) is 37.1 Å². The van der Waals surface area contributed by atoms with Crippen molar-refractivity contribution in [3.8, 4) is 11.1 Å². The van der Waals surface area contributed by atoms with E-state index < -0.39 is 27.7 Å². The van der Waals surface area contributed by atoms with Gasteiger partial charge in [0, 0.05) is 27.7 Å². The van der Waals surface area contributed by atoms with E-state index in [0.717, 1.165) is 27.8 Å². The van der Waals surface area contributed by atoms with Crippen molar-refractivity contribution in [2.75, 3.05) is 17.6 Å². The summed E-state index contributed by atoms with van der Waals surface area (Å²) < 4.78 is 30.8. The summed E-state index contributed by atoms with van der Waals surface area (Å²) in [6.07, 6.45) is 4.48. The van der Waals surface area contributed by atoms with Gasteiger partial charge >= 0.3 is 0 Å². The molecular formula is C36H35Cl3N2O5S. The number of carbonyl (C=O) groups is 2. The number of benzene rings is 4. The number of nitrogens with one attached hydrogen (secondary N) is 2. The minimum atomic E-state index is -4.19. The number of allylic oxidation sites excluding steroid dienone is 1. The van der Waals surface area contributed by atoms with Crippen molar-refractivity contribution in [1.29, 1.82) is 0 Å². The third-order valence-electron chi connectivity index (χ3n) is 7.20. The van der Waals surface area contributed by atoms with Crippen molar-refractivity contribution in [2.24, 2.45) is 5.41 Å². The summed E-state index contributed by atoms with van der Waals surface area (Å²) in [5.41, 5.74) is 4.83. The molecule has 0 fully saturated rings. The average molecular weight is 714 g/mol. The monoisotopic (exact) mass is 712 g/mol. The van der Waals surface area contributed by atoms with E-state index in [2.05, 4.69) is 37.5 Å². The second-order valence-corrected chi connectivity index (χ2v) is 15.0. The minimum absolute atomic E-state index is 0.0186. The quantitative estimate of drug-likeness (QED) is 0.134. The lowest BCUT2D eigenvalue weighted by Crippen LogP contribution is -2.28. The Kier molecular flexibility index (Phi) is 11.9. The van der Waals surface area contributed by atoms with Gasteiger partial charge in [-0.05, 0) is 70.5 Å². The third-order valence-corrected chi connectivity index (χ3v) is 8.80. The fourth-order valence-electron chi connectivity index (χ4n) is 4.70. The largest absolute Gasteiger partial charge is 0.351 e. The topological polar surface area (TPSA) is 113 Å². The van der Waals surface area contributed by atoms with E-state index in [-0.39, 0.29) is 17.9 Å². The Balaban J connectivity index is 1.60. The van der Waals surface area contributed by atoms with Crippen LogP contribution in [-0.2, 0) is 21.3 Å². The van der Waals surface area contributed by atoms with E-state index in [1.54, 1.807) is 54.6 Å². The zero-order valence-corrected chi connectivity index (χ0v) is 29.1. The highest BCUT2D eigenvalue weighted by atomic mass is 35.5. The fourth-order valence-corrected chi connectivity index (χ4v) is 5.75. The number of hydrogen-bond donors (Lipinski definition) is 3. The molecule has 2 amide bonds. The zero-order valence-electron chi connectivity index (χ0n) is 26.1. The summed E-state index contributed by atoms with van der Waals surface area (Å²) in [5.74, 6) is -1.97. The summed E-state index contributed by atoms with van der Waals surface area (Å²) >= 11 is 19.1. The van der Waals surface area contributed by atoms with Crippen molar-refractivity contribution in [3.63, 3.8) is 0 Å². The first-order chi connectivity index (χ1) is 22.1. The van der Waals surface area contributed by atoms with Gasteiger partial charge in [0.1, 0.15) is 0 Å². The van der Waals surface area contributed by atoms with Crippen LogP contribution in [0.3, 0.4) is 0 Å². The van der Waals surface area contributed by atoms with E-state index in [0.29, 0.717) is 32.7 Å². The van der Waals surface area contributed by atoms with Crippen molar-refractivity contribution >= 4 is 68.5 Å². The van der Waals surface area contributed by atoms with Crippen molar-refractivity contribution in [2.45, 2.75) is 33.1 Å². The Morgan fingerprint density at radius 1 is 0.872 bits per heavy atom. The van der Waals surface area contributed by atoms with Gasteiger partial charge in [-0.1, -0.05) is 116 Å². The first kappa shape index (κ1) is 36.2. The minimum Gasteiger partial charge on any atom is -0.351 e. The maximum Gasteiger partial charge on any atom is 0.266 e. The molecule has 0 heterocycles. The Bertz CT molecular complexity index is 1890. The van der Waals surface area contributed by atoms with Crippen LogP contribution >= 0.6 is 34.8 Å². The second-order valence-electron chi connectivity index (χ2n) is 12.2. The predicted octanol–water partition coefficient (Wildman–Crippen LogP) is 8.96. The molecule has 3 N–H and O–H groups in total.